The third-order valence-corrected chi connectivity index (χ3v) is 3.77. The zero-order valence-corrected chi connectivity index (χ0v) is 12.1. The maximum atomic E-state index is 12.0. The topological polar surface area (TPSA) is 60.9 Å². The Morgan fingerprint density at radius 1 is 1.35 bits per heavy atom. The van der Waals surface area contributed by atoms with Gasteiger partial charge < -0.3 is 14.9 Å². The van der Waals surface area contributed by atoms with Crippen LogP contribution in [0, 0.1) is 0 Å². The predicted octanol–water partition coefficient (Wildman–Crippen LogP) is 2.10. The minimum absolute atomic E-state index is 0.0645. The van der Waals surface area contributed by atoms with Gasteiger partial charge in [0.1, 0.15) is 0 Å². The highest BCUT2D eigenvalue weighted by Crippen LogP contribution is 2.23. The number of aromatic carboxylic acids is 1. The quantitative estimate of drug-likeness (QED) is 0.924. The van der Waals surface area contributed by atoms with E-state index in [2.05, 4.69) is 0 Å². The molecule has 1 N–H and O–H groups in total. The van der Waals surface area contributed by atoms with Gasteiger partial charge in [-0.15, -0.1) is 0 Å². The SMILES string of the molecule is CN(CC(=O)N1CCCC1)c1ccc(C(=O)O)c(Cl)c1. The molecular formula is C14H17ClN2O3. The van der Waals surface area contributed by atoms with E-state index in [1.165, 1.54) is 6.07 Å². The second-order valence-electron chi connectivity index (χ2n) is 4.91. The summed E-state index contributed by atoms with van der Waals surface area (Å²) in [5.41, 5.74) is 0.794. The van der Waals surface area contributed by atoms with E-state index in [1.54, 1.807) is 24.1 Å². The number of carbonyl (C=O) groups is 2. The standard InChI is InChI=1S/C14H17ClN2O3/c1-16(9-13(18)17-6-2-3-7-17)10-4-5-11(14(19)20)12(15)8-10/h4-5,8H,2-3,6-7,9H2,1H3,(H,19,20). The zero-order chi connectivity index (χ0) is 14.7. The van der Waals surface area contributed by atoms with Gasteiger partial charge in [0.2, 0.25) is 5.91 Å². The number of amides is 1. The predicted molar refractivity (Wildman–Crippen MR) is 77.5 cm³/mol. The van der Waals surface area contributed by atoms with Gasteiger partial charge in [-0.3, -0.25) is 4.79 Å². The maximum Gasteiger partial charge on any atom is 0.337 e. The summed E-state index contributed by atoms with van der Waals surface area (Å²) in [4.78, 5) is 26.6. The molecule has 1 heterocycles. The van der Waals surface area contributed by atoms with Crippen molar-refractivity contribution in [2.45, 2.75) is 12.8 Å². The molecule has 0 saturated carbocycles. The minimum Gasteiger partial charge on any atom is -0.478 e. The van der Waals surface area contributed by atoms with E-state index >= 15 is 0 Å². The van der Waals surface area contributed by atoms with Crippen LogP contribution in [0.2, 0.25) is 5.02 Å². The second kappa shape index (κ2) is 6.13. The van der Waals surface area contributed by atoms with Crippen molar-refractivity contribution in [2.75, 3.05) is 31.6 Å². The van der Waals surface area contributed by atoms with Gasteiger partial charge in [-0.05, 0) is 31.0 Å². The fraction of sp³-hybridized carbons (Fsp3) is 0.429. The van der Waals surface area contributed by atoms with Crippen molar-refractivity contribution in [1.82, 2.24) is 4.90 Å². The fourth-order valence-electron chi connectivity index (χ4n) is 2.28. The van der Waals surface area contributed by atoms with E-state index in [0.717, 1.165) is 31.6 Å². The molecule has 20 heavy (non-hydrogen) atoms. The number of rotatable bonds is 4. The van der Waals surface area contributed by atoms with E-state index in [1.807, 2.05) is 4.90 Å². The molecule has 1 fully saturated rings. The normalized spacial score (nSPS) is 14.4. The van der Waals surface area contributed by atoms with Crippen LogP contribution in [0.1, 0.15) is 23.2 Å². The lowest BCUT2D eigenvalue weighted by molar-refractivity contribution is -0.128. The van der Waals surface area contributed by atoms with Gasteiger partial charge in [0.05, 0.1) is 17.1 Å². The van der Waals surface area contributed by atoms with E-state index < -0.39 is 5.97 Å². The Hall–Kier alpha value is -1.75. The Labute approximate surface area is 122 Å². The third-order valence-electron chi connectivity index (χ3n) is 3.46. The molecule has 1 aromatic rings. The molecule has 0 radical (unpaired) electrons. The van der Waals surface area contributed by atoms with E-state index in [4.69, 9.17) is 16.7 Å². The lowest BCUT2D eigenvalue weighted by atomic mass is 10.2. The molecule has 1 saturated heterocycles. The van der Waals surface area contributed by atoms with Crippen LogP contribution in [0.4, 0.5) is 5.69 Å². The summed E-state index contributed by atoms with van der Waals surface area (Å²) < 4.78 is 0. The molecule has 1 aromatic carbocycles. The van der Waals surface area contributed by atoms with Crippen molar-refractivity contribution >= 4 is 29.2 Å². The molecule has 0 spiro atoms. The third kappa shape index (κ3) is 3.22. The van der Waals surface area contributed by atoms with Gasteiger partial charge in [-0.25, -0.2) is 4.79 Å². The van der Waals surface area contributed by atoms with Crippen molar-refractivity contribution in [3.8, 4) is 0 Å². The first-order valence-electron chi connectivity index (χ1n) is 6.51. The summed E-state index contributed by atoms with van der Waals surface area (Å²) in [6.45, 7) is 1.92. The first-order valence-corrected chi connectivity index (χ1v) is 6.88. The Balaban J connectivity index is 2.05. The van der Waals surface area contributed by atoms with Crippen LogP contribution >= 0.6 is 11.6 Å². The number of carbonyl (C=O) groups excluding carboxylic acids is 1. The number of carboxylic acid groups (broad SMARTS) is 1. The molecule has 108 valence electrons. The highest BCUT2D eigenvalue weighted by molar-refractivity contribution is 6.33. The highest BCUT2D eigenvalue weighted by Gasteiger charge is 2.19. The minimum atomic E-state index is -1.06. The molecule has 1 aliphatic rings. The molecule has 1 aliphatic heterocycles. The molecule has 5 nitrogen and oxygen atoms in total. The molecule has 2 rings (SSSR count). The first-order chi connectivity index (χ1) is 9.49. The van der Waals surface area contributed by atoms with Crippen LogP contribution in [0.3, 0.4) is 0 Å². The van der Waals surface area contributed by atoms with Crippen LogP contribution in [0.5, 0.6) is 0 Å². The van der Waals surface area contributed by atoms with Crippen LogP contribution < -0.4 is 4.90 Å². The number of anilines is 1. The molecule has 0 aliphatic carbocycles. The van der Waals surface area contributed by atoms with Crippen molar-refractivity contribution in [3.05, 3.63) is 28.8 Å². The Bertz CT molecular complexity index is 527. The number of hydrogen-bond donors (Lipinski definition) is 1. The summed E-state index contributed by atoms with van der Waals surface area (Å²) in [5, 5.41) is 9.10. The van der Waals surface area contributed by atoms with Crippen molar-refractivity contribution < 1.29 is 14.7 Å². The van der Waals surface area contributed by atoms with Gasteiger partial charge in [0.25, 0.3) is 0 Å². The average molecular weight is 297 g/mol. The maximum absolute atomic E-state index is 12.0. The highest BCUT2D eigenvalue weighted by atomic mass is 35.5. The molecule has 6 heteroatoms. The zero-order valence-electron chi connectivity index (χ0n) is 11.3. The van der Waals surface area contributed by atoms with E-state index in [-0.39, 0.29) is 23.0 Å². The number of halogens is 1. The lowest BCUT2D eigenvalue weighted by Crippen LogP contribution is -2.37. The summed E-state index contributed by atoms with van der Waals surface area (Å²) in [7, 11) is 1.79. The van der Waals surface area contributed by atoms with Crippen LogP contribution in [-0.2, 0) is 4.79 Å². The van der Waals surface area contributed by atoms with Gasteiger partial charge in [-0.2, -0.15) is 0 Å². The summed E-state index contributed by atoms with van der Waals surface area (Å²) >= 11 is 5.93. The van der Waals surface area contributed by atoms with E-state index in [0.29, 0.717) is 0 Å². The lowest BCUT2D eigenvalue weighted by Gasteiger charge is -2.23. The second-order valence-corrected chi connectivity index (χ2v) is 5.32. The Morgan fingerprint density at radius 2 is 2.00 bits per heavy atom. The summed E-state index contributed by atoms with van der Waals surface area (Å²) in [6, 6.07) is 4.69. The number of hydrogen-bond acceptors (Lipinski definition) is 3. The van der Waals surface area contributed by atoms with Gasteiger partial charge in [0, 0.05) is 25.8 Å². The Morgan fingerprint density at radius 3 is 2.55 bits per heavy atom. The summed E-state index contributed by atoms with van der Waals surface area (Å²) in [5.74, 6) is -0.972. The smallest absolute Gasteiger partial charge is 0.337 e. The monoisotopic (exact) mass is 296 g/mol. The van der Waals surface area contributed by atoms with Crippen molar-refractivity contribution in [3.63, 3.8) is 0 Å². The number of nitrogens with zero attached hydrogens (tertiary/aromatic N) is 2. The van der Waals surface area contributed by atoms with Gasteiger partial charge >= 0.3 is 5.97 Å². The largest absolute Gasteiger partial charge is 0.478 e. The van der Waals surface area contributed by atoms with Crippen molar-refractivity contribution in [2.24, 2.45) is 0 Å². The molecule has 0 unspecified atom stereocenters. The Kier molecular flexibility index (Phi) is 4.49. The number of likely N-dealkylation sites (N-methyl/N-ethyl adjacent to an activating group) is 1. The van der Waals surface area contributed by atoms with Gasteiger partial charge in [0.15, 0.2) is 0 Å². The molecule has 0 aromatic heterocycles. The van der Waals surface area contributed by atoms with Crippen LogP contribution in [-0.4, -0.2) is 48.6 Å². The molecule has 0 bridgehead atoms. The van der Waals surface area contributed by atoms with E-state index in [9.17, 15) is 9.59 Å². The number of carboxylic acids is 1. The van der Waals surface area contributed by atoms with Crippen molar-refractivity contribution in [1.29, 1.82) is 0 Å². The van der Waals surface area contributed by atoms with Crippen LogP contribution in [0.15, 0.2) is 18.2 Å². The first kappa shape index (κ1) is 14.7. The number of benzene rings is 1. The van der Waals surface area contributed by atoms with Gasteiger partial charge in [-0.1, -0.05) is 11.6 Å². The average Bonchev–Trinajstić information content (AvgIpc) is 2.91. The van der Waals surface area contributed by atoms with Crippen LogP contribution in [0.25, 0.3) is 0 Å². The summed E-state index contributed by atoms with van der Waals surface area (Å²) in [6.07, 6.45) is 2.13. The number of likely N-dealkylation sites (tertiary alicyclic amines) is 1. The molecule has 1 amide bonds. The fourth-order valence-corrected chi connectivity index (χ4v) is 2.53. The molecular weight excluding hydrogens is 280 g/mol. The molecule has 0 atom stereocenters.